The number of fused-ring (bicyclic) bond motifs is 1. The van der Waals surface area contributed by atoms with E-state index in [-0.39, 0.29) is 13.2 Å². The first-order chi connectivity index (χ1) is 8.35. The topological polar surface area (TPSA) is 55.2 Å². The summed E-state index contributed by atoms with van der Waals surface area (Å²) in [5.74, 6) is 0.555. The largest absolute Gasteiger partial charge is 0.474 e. The maximum absolute atomic E-state index is 8.79. The first-order valence-electron chi connectivity index (χ1n) is 6.08. The normalized spacial score (nSPS) is 14.2. The minimum Gasteiger partial charge on any atom is -0.474 e. The van der Waals surface area contributed by atoms with E-state index in [2.05, 4.69) is 16.5 Å². The molecule has 0 amide bonds. The molecule has 92 valence electrons. The molecular weight excluding hydrogens is 216 g/mol. The van der Waals surface area contributed by atoms with Crippen molar-refractivity contribution in [2.24, 2.45) is 0 Å². The Morgan fingerprint density at radius 2 is 1.94 bits per heavy atom. The van der Waals surface area contributed by atoms with Crippen LogP contribution in [0.1, 0.15) is 29.9 Å². The van der Waals surface area contributed by atoms with Gasteiger partial charge in [-0.15, -0.1) is 6.58 Å². The van der Waals surface area contributed by atoms with E-state index in [1.807, 2.05) is 0 Å². The standard InChI is InChI=1S/C13H18N2O2/c1-2-5-12-13(17-9-8-16)15-11-7-4-3-6-10(11)14-12/h2,16H,1,3-9H2. The van der Waals surface area contributed by atoms with Crippen molar-refractivity contribution >= 4 is 0 Å². The van der Waals surface area contributed by atoms with Crippen LogP contribution in [0.3, 0.4) is 0 Å². The van der Waals surface area contributed by atoms with Crippen molar-refractivity contribution < 1.29 is 9.84 Å². The summed E-state index contributed by atoms with van der Waals surface area (Å²) in [6, 6.07) is 0. The van der Waals surface area contributed by atoms with Gasteiger partial charge in [-0.2, -0.15) is 0 Å². The zero-order valence-corrected chi connectivity index (χ0v) is 9.98. The summed E-state index contributed by atoms with van der Waals surface area (Å²) in [6.45, 7) is 3.97. The molecule has 0 bridgehead atoms. The van der Waals surface area contributed by atoms with Gasteiger partial charge < -0.3 is 9.84 Å². The number of hydrogen-bond acceptors (Lipinski definition) is 4. The quantitative estimate of drug-likeness (QED) is 0.784. The summed E-state index contributed by atoms with van der Waals surface area (Å²) in [5.41, 5.74) is 2.98. The Hall–Kier alpha value is -1.42. The fourth-order valence-corrected chi connectivity index (χ4v) is 2.04. The predicted molar refractivity (Wildman–Crippen MR) is 65.2 cm³/mol. The molecular formula is C13H18N2O2. The second-order valence-corrected chi connectivity index (χ2v) is 4.14. The lowest BCUT2D eigenvalue weighted by Gasteiger charge is -2.17. The van der Waals surface area contributed by atoms with Gasteiger partial charge >= 0.3 is 0 Å². The summed E-state index contributed by atoms with van der Waals surface area (Å²) in [7, 11) is 0. The lowest BCUT2D eigenvalue weighted by atomic mass is 10.0. The molecule has 0 aliphatic heterocycles. The molecule has 0 saturated carbocycles. The molecule has 17 heavy (non-hydrogen) atoms. The lowest BCUT2D eigenvalue weighted by Crippen LogP contribution is -2.14. The summed E-state index contributed by atoms with van der Waals surface area (Å²) in [6.07, 6.45) is 6.79. The molecule has 0 spiro atoms. The average molecular weight is 234 g/mol. The summed E-state index contributed by atoms with van der Waals surface area (Å²) < 4.78 is 5.43. The number of hydrogen-bond donors (Lipinski definition) is 1. The molecule has 0 radical (unpaired) electrons. The van der Waals surface area contributed by atoms with Crippen LogP contribution in [0.4, 0.5) is 0 Å². The van der Waals surface area contributed by atoms with Gasteiger partial charge in [0.15, 0.2) is 0 Å². The molecule has 0 aromatic carbocycles. The monoisotopic (exact) mass is 234 g/mol. The summed E-state index contributed by atoms with van der Waals surface area (Å²) in [4.78, 5) is 9.14. The van der Waals surface area contributed by atoms with Crippen molar-refractivity contribution in [2.75, 3.05) is 13.2 Å². The van der Waals surface area contributed by atoms with Crippen LogP contribution >= 0.6 is 0 Å². The van der Waals surface area contributed by atoms with E-state index in [9.17, 15) is 0 Å². The van der Waals surface area contributed by atoms with Gasteiger partial charge in [-0.25, -0.2) is 9.97 Å². The molecule has 1 N–H and O–H groups in total. The van der Waals surface area contributed by atoms with E-state index >= 15 is 0 Å². The fraction of sp³-hybridized carbons (Fsp3) is 0.538. The van der Waals surface area contributed by atoms with Gasteiger partial charge in [-0.05, 0) is 25.7 Å². The Labute approximate surface area is 101 Å². The van der Waals surface area contributed by atoms with Crippen LogP contribution in [0.25, 0.3) is 0 Å². The van der Waals surface area contributed by atoms with Crippen LogP contribution in [0.15, 0.2) is 12.7 Å². The van der Waals surface area contributed by atoms with Crippen molar-refractivity contribution in [3.05, 3.63) is 29.7 Å². The third-order valence-electron chi connectivity index (χ3n) is 2.83. The van der Waals surface area contributed by atoms with Crippen molar-refractivity contribution in [1.29, 1.82) is 0 Å². The van der Waals surface area contributed by atoms with Crippen molar-refractivity contribution in [3.8, 4) is 5.88 Å². The van der Waals surface area contributed by atoms with E-state index in [0.717, 1.165) is 29.9 Å². The maximum atomic E-state index is 8.79. The highest BCUT2D eigenvalue weighted by molar-refractivity contribution is 5.28. The second kappa shape index (κ2) is 5.77. The van der Waals surface area contributed by atoms with Gasteiger partial charge in [0.1, 0.15) is 12.3 Å². The zero-order valence-electron chi connectivity index (χ0n) is 9.98. The Kier molecular flexibility index (Phi) is 4.09. The van der Waals surface area contributed by atoms with Crippen LogP contribution in [-0.2, 0) is 19.3 Å². The van der Waals surface area contributed by atoms with Crippen LogP contribution in [0, 0.1) is 0 Å². The molecule has 4 heteroatoms. The van der Waals surface area contributed by atoms with Gasteiger partial charge in [-0.1, -0.05) is 6.08 Å². The number of ether oxygens (including phenoxy) is 1. The Bertz CT molecular complexity index is 405. The Morgan fingerprint density at radius 3 is 2.59 bits per heavy atom. The molecule has 1 aromatic heterocycles. The molecule has 1 aliphatic carbocycles. The molecule has 1 aromatic rings. The second-order valence-electron chi connectivity index (χ2n) is 4.14. The summed E-state index contributed by atoms with van der Waals surface area (Å²) >= 11 is 0. The molecule has 1 heterocycles. The number of allylic oxidation sites excluding steroid dienone is 1. The molecule has 0 atom stereocenters. The van der Waals surface area contributed by atoms with Gasteiger partial charge in [-0.3, -0.25) is 0 Å². The van der Waals surface area contributed by atoms with Crippen LogP contribution in [0.5, 0.6) is 5.88 Å². The third-order valence-corrected chi connectivity index (χ3v) is 2.83. The minimum absolute atomic E-state index is 0.00764. The van der Waals surface area contributed by atoms with Gasteiger partial charge in [0.25, 0.3) is 0 Å². The van der Waals surface area contributed by atoms with Crippen LogP contribution < -0.4 is 4.74 Å². The van der Waals surface area contributed by atoms with E-state index in [4.69, 9.17) is 9.84 Å². The van der Waals surface area contributed by atoms with E-state index in [1.54, 1.807) is 6.08 Å². The highest BCUT2D eigenvalue weighted by Gasteiger charge is 2.16. The molecule has 0 fully saturated rings. The molecule has 0 saturated heterocycles. The highest BCUT2D eigenvalue weighted by atomic mass is 16.5. The van der Waals surface area contributed by atoms with Crippen molar-refractivity contribution in [3.63, 3.8) is 0 Å². The minimum atomic E-state index is -0.00764. The van der Waals surface area contributed by atoms with Gasteiger partial charge in [0.2, 0.25) is 5.88 Å². The Balaban J connectivity index is 2.29. The third kappa shape index (κ3) is 2.82. The van der Waals surface area contributed by atoms with E-state index in [0.29, 0.717) is 12.3 Å². The number of nitrogens with zero attached hydrogens (tertiary/aromatic N) is 2. The number of aryl methyl sites for hydroxylation is 2. The first-order valence-corrected chi connectivity index (χ1v) is 6.08. The molecule has 1 aliphatic rings. The Morgan fingerprint density at radius 1 is 1.24 bits per heavy atom. The number of aliphatic hydroxyl groups is 1. The molecule has 0 unspecified atom stereocenters. The number of aliphatic hydroxyl groups excluding tert-OH is 1. The van der Waals surface area contributed by atoms with Gasteiger partial charge in [0.05, 0.1) is 18.0 Å². The smallest absolute Gasteiger partial charge is 0.236 e. The summed E-state index contributed by atoms with van der Waals surface area (Å²) in [5, 5.41) is 8.79. The molecule has 2 rings (SSSR count). The fourth-order valence-electron chi connectivity index (χ4n) is 2.04. The van der Waals surface area contributed by atoms with Gasteiger partial charge in [0, 0.05) is 6.42 Å². The van der Waals surface area contributed by atoms with E-state index in [1.165, 1.54) is 12.8 Å². The van der Waals surface area contributed by atoms with Crippen LogP contribution in [-0.4, -0.2) is 28.3 Å². The average Bonchev–Trinajstić information content (AvgIpc) is 2.36. The van der Waals surface area contributed by atoms with E-state index < -0.39 is 0 Å². The maximum Gasteiger partial charge on any atom is 0.236 e. The number of rotatable bonds is 5. The zero-order chi connectivity index (χ0) is 12.1. The van der Waals surface area contributed by atoms with Crippen LogP contribution in [0.2, 0.25) is 0 Å². The SMILES string of the molecule is C=CCc1nc2c(nc1OCCO)CCCC2. The van der Waals surface area contributed by atoms with Crippen molar-refractivity contribution in [1.82, 2.24) is 9.97 Å². The lowest BCUT2D eigenvalue weighted by molar-refractivity contribution is 0.194. The predicted octanol–water partition coefficient (Wildman–Crippen LogP) is 1.46. The highest BCUT2D eigenvalue weighted by Crippen LogP contribution is 2.23. The molecule has 4 nitrogen and oxygen atoms in total. The number of aromatic nitrogens is 2. The first kappa shape index (κ1) is 12.0. The van der Waals surface area contributed by atoms with Crippen molar-refractivity contribution in [2.45, 2.75) is 32.1 Å².